The Balaban J connectivity index is 1.63. The number of hydrogen-bond donors (Lipinski definition) is 3. The lowest BCUT2D eigenvalue weighted by Gasteiger charge is -2.31. The van der Waals surface area contributed by atoms with Gasteiger partial charge in [-0.1, -0.05) is 0 Å². The summed E-state index contributed by atoms with van der Waals surface area (Å²) in [6.45, 7) is 6.15. The van der Waals surface area contributed by atoms with Gasteiger partial charge in [-0.3, -0.25) is 10.2 Å². The van der Waals surface area contributed by atoms with Crippen molar-refractivity contribution in [2.45, 2.75) is 6.92 Å². The number of aryl methyl sites for hydroxylation is 1. The van der Waals surface area contributed by atoms with Gasteiger partial charge in [-0.25, -0.2) is 15.1 Å². The van der Waals surface area contributed by atoms with Crippen LogP contribution in [0.15, 0.2) is 35.5 Å². The van der Waals surface area contributed by atoms with Gasteiger partial charge in [0.15, 0.2) is 5.65 Å². The maximum Gasteiger partial charge on any atom is 0.276 e. The molecule has 0 bridgehead atoms. The number of aromatic amines is 1. The third-order valence-corrected chi connectivity index (χ3v) is 4.26. The summed E-state index contributed by atoms with van der Waals surface area (Å²) in [5.74, 6) is 0. The minimum absolute atomic E-state index is 0.216. The third kappa shape index (κ3) is 2.61. The SMILES string of the molecule is Cc1cc(Nn2[nH]c(=O)c3cncnc32)ccc1N1CCNCC1. The first-order valence-electron chi connectivity index (χ1n) is 7.96. The number of nitrogens with one attached hydrogen (secondary N) is 3. The molecule has 1 saturated heterocycles. The van der Waals surface area contributed by atoms with Gasteiger partial charge in [-0.15, -0.1) is 0 Å². The summed E-state index contributed by atoms with van der Waals surface area (Å²) in [6.07, 6.45) is 2.94. The summed E-state index contributed by atoms with van der Waals surface area (Å²) in [7, 11) is 0. The topological polar surface area (TPSA) is 90.9 Å². The van der Waals surface area contributed by atoms with E-state index >= 15 is 0 Å². The van der Waals surface area contributed by atoms with E-state index < -0.39 is 0 Å². The quantitative estimate of drug-likeness (QED) is 0.657. The number of nitrogens with zero attached hydrogens (tertiary/aromatic N) is 4. The maximum absolute atomic E-state index is 11.9. The average Bonchev–Trinajstić information content (AvgIpc) is 2.92. The third-order valence-electron chi connectivity index (χ3n) is 4.26. The van der Waals surface area contributed by atoms with Crippen LogP contribution in [0.3, 0.4) is 0 Å². The van der Waals surface area contributed by atoms with Crippen LogP contribution in [0, 0.1) is 6.92 Å². The van der Waals surface area contributed by atoms with Crippen molar-refractivity contribution >= 4 is 22.4 Å². The lowest BCUT2D eigenvalue weighted by Crippen LogP contribution is -2.43. The van der Waals surface area contributed by atoms with Crippen molar-refractivity contribution in [3.05, 3.63) is 46.6 Å². The smallest absolute Gasteiger partial charge is 0.276 e. The average molecular weight is 325 g/mol. The Kier molecular flexibility index (Phi) is 3.66. The molecule has 1 aliphatic heterocycles. The number of piperazine rings is 1. The number of hydrogen-bond acceptors (Lipinski definition) is 6. The molecule has 3 N–H and O–H groups in total. The van der Waals surface area contributed by atoms with Gasteiger partial charge in [-0.2, -0.15) is 4.79 Å². The fraction of sp³-hybridized carbons (Fsp3) is 0.312. The normalized spacial score (nSPS) is 15.0. The summed E-state index contributed by atoms with van der Waals surface area (Å²) < 4.78 is 0. The maximum atomic E-state index is 11.9. The van der Waals surface area contributed by atoms with Crippen LogP contribution in [-0.4, -0.2) is 46.0 Å². The van der Waals surface area contributed by atoms with Crippen LogP contribution < -0.4 is 21.2 Å². The largest absolute Gasteiger partial charge is 0.369 e. The highest BCUT2D eigenvalue weighted by Crippen LogP contribution is 2.24. The number of rotatable bonds is 3. The van der Waals surface area contributed by atoms with Gasteiger partial charge in [0.2, 0.25) is 0 Å². The van der Waals surface area contributed by atoms with Crippen LogP contribution in [-0.2, 0) is 0 Å². The molecule has 3 heterocycles. The van der Waals surface area contributed by atoms with Gasteiger partial charge >= 0.3 is 0 Å². The molecule has 0 radical (unpaired) electrons. The van der Waals surface area contributed by atoms with E-state index in [1.807, 2.05) is 6.07 Å². The van der Waals surface area contributed by atoms with E-state index in [0.717, 1.165) is 31.9 Å². The number of anilines is 2. The molecule has 24 heavy (non-hydrogen) atoms. The molecule has 8 nitrogen and oxygen atoms in total. The summed E-state index contributed by atoms with van der Waals surface area (Å²) in [6, 6.07) is 6.19. The molecule has 1 aliphatic rings. The Morgan fingerprint density at radius 2 is 2.08 bits per heavy atom. The van der Waals surface area contributed by atoms with E-state index in [1.54, 1.807) is 0 Å². The summed E-state index contributed by atoms with van der Waals surface area (Å²) in [5, 5.41) is 6.55. The standard InChI is InChI=1S/C16H19N7O/c1-11-8-12(2-3-14(11)22-6-4-17-5-7-22)20-23-15-13(16(24)21-23)9-18-10-19-15/h2-3,8-10,17,20H,4-7H2,1H3,(H,21,24). The van der Waals surface area contributed by atoms with Gasteiger partial charge < -0.3 is 10.2 Å². The predicted octanol–water partition coefficient (Wildman–Crippen LogP) is 0.713. The molecule has 1 fully saturated rings. The minimum Gasteiger partial charge on any atom is -0.369 e. The Morgan fingerprint density at radius 3 is 2.88 bits per heavy atom. The second-order valence-corrected chi connectivity index (χ2v) is 5.89. The van der Waals surface area contributed by atoms with Crippen LogP contribution in [0.1, 0.15) is 5.56 Å². The number of H-pyrrole nitrogens is 1. The van der Waals surface area contributed by atoms with Crippen LogP contribution in [0.2, 0.25) is 0 Å². The predicted molar refractivity (Wildman–Crippen MR) is 93.4 cm³/mol. The van der Waals surface area contributed by atoms with Gasteiger partial charge in [0, 0.05) is 38.1 Å². The van der Waals surface area contributed by atoms with Crippen LogP contribution in [0.4, 0.5) is 11.4 Å². The molecule has 4 rings (SSSR count). The molecule has 124 valence electrons. The first-order chi connectivity index (χ1) is 11.7. The molecule has 0 saturated carbocycles. The zero-order chi connectivity index (χ0) is 16.5. The van der Waals surface area contributed by atoms with E-state index in [-0.39, 0.29) is 5.56 Å². The van der Waals surface area contributed by atoms with Crippen LogP contribution >= 0.6 is 0 Å². The Labute approximate surface area is 138 Å². The highest BCUT2D eigenvalue weighted by Gasteiger charge is 2.13. The molecule has 1 aromatic carbocycles. The fourth-order valence-corrected chi connectivity index (χ4v) is 3.07. The Bertz CT molecular complexity index is 924. The highest BCUT2D eigenvalue weighted by molar-refractivity contribution is 5.73. The first-order valence-corrected chi connectivity index (χ1v) is 7.96. The molecule has 8 heteroatoms. The van der Waals surface area contributed by atoms with E-state index in [4.69, 9.17) is 0 Å². The van der Waals surface area contributed by atoms with Gasteiger partial charge in [-0.05, 0) is 30.7 Å². The zero-order valence-corrected chi connectivity index (χ0v) is 13.4. The molecule has 2 aromatic heterocycles. The van der Waals surface area contributed by atoms with Crippen molar-refractivity contribution in [2.24, 2.45) is 0 Å². The highest BCUT2D eigenvalue weighted by atomic mass is 16.1. The van der Waals surface area contributed by atoms with Crippen molar-refractivity contribution in [3.63, 3.8) is 0 Å². The second kappa shape index (κ2) is 5.97. The molecular weight excluding hydrogens is 306 g/mol. The molecule has 0 atom stereocenters. The van der Waals surface area contributed by atoms with Crippen molar-refractivity contribution in [2.75, 3.05) is 36.5 Å². The zero-order valence-electron chi connectivity index (χ0n) is 13.4. The van der Waals surface area contributed by atoms with Gasteiger partial charge in [0.1, 0.15) is 11.7 Å². The van der Waals surface area contributed by atoms with Crippen molar-refractivity contribution in [1.29, 1.82) is 0 Å². The Hall–Kier alpha value is -2.87. The van der Waals surface area contributed by atoms with Gasteiger partial charge in [0.25, 0.3) is 5.56 Å². The van der Waals surface area contributed by atoms with E-state index in [2.05, 4.69) is 49.8 Å². The molecular formula is C16H19N7O. The van der Waals surface area contributed by atoms with E-state index in [0.29, 0.717) is 11.0 Å². The molecule has 3 aromatic rings. The van der Waals surface area contributed by atoms with E-state index in [1.165, 1.54) is 28.6 Å². The fourth-order valence-electron chi connectivity index (χ4n) is 3.07. The molecule has 0 spiro atoms. The number of benzene rings is 1. The lowest BCUT2D eigenvalue weighted by atomic mass is 10.1. The molecule has 0 amide bonds. The first kappa shape index (κ1) is 14.7. The second-order valence-electron chi connectivity index (χ2n) is 5.89. The van der Waals surface area contributed by atoms with Crippen molar-refractivity contribution in [1.82, 2.24) is 25.2 Å². The summed E-state index contributed by atoms with van der Waals surface area (Å²) >= 11 is 0. The van der Waals surface area contributed by atoms with Gasteiger partial charge in [0.05, 0.1) is 5.69 Å². The summed E-state index contributed by atoms with van der Waals surface area (Å²) in [5.41, 5.74) is 6.81. The van der Waals surface area contributed by atoms with Crippen LogP contribution in [0.25, 0.3) is 11.0 Å². The number of aromatic nitrogens is 4. The molecule has 0 aliphatic carbocycles. The van der Waals surface area contributed by atoms with Crippen molar-refractivity contribution < 1.29 is 0 Å². The molecule has 0 unspecified atom stereocenters. The Morgan fingerprint density at radius 1 is 1.25 bits per heavy atom. The monoisotopic (exact) mass is 325 g/mol. The lowest BCUT2D eigenvalue weighted by molar-refractivity contribution is 0.588. The summed E-state index contributed by atoms with van der Waals surface area (Å²) in [4.78, 5) is 23.9. The van der Waals surface area contributed by atoms with Crippen molar-refractivity contribution in [3.8, 4) is 0 Å². The number of fused-ring (bicyclic) bond motifs is 1. The van der Waals surface area contributed by atoms with E-state index in [9.17, 15) is 4.79 Å². The minimum atomic E-state index is -0.216. The van der Waals surface area contributed by atoms with Crippen LogP contribution in [0.5, 0.6) is 0 Å².